The molecule has 0 bridgehead atoms. The Morgan fingerprint density at radius 1 is 0.274 bits per heavy atom. The van der Waals surface area contributed by atoms with Crippen LogP contribution in [0.25, 0.3) is 0 Å². The molecule has 0 saturated heterocycles. The summed E-state index contributed by atoms with van der Waals surface area (Å²) in [7, 11) is 0. The van der Waals surface area contributed by atoms with Gasteiger partial charge in [-0.05, 0) is 152 Å². The largest absolute Gasteiger partial charge is 0.0654 e. The van der Waals surface area contributed by atoms with Crippen molar-refractivity contribution in [3.8, 4) is 0 Å². The summed E-state index contributed by atoms with van der Waals surface area (Å²) in [6.45, 7) is 40.0. The Balaban J connectivity index is 0.000000447. The molecule has 4 unspecified atom stereocenters. The molecule has 0 aliphatic rings. The van der Waals surface area contributed by atoms with Crippen molar-refractivity contribution in [2.24, 2.45) is 17.8 Å². The molecular weight excluding hydrogens is 877 g/mol. The summed E-state index contributed by atoms with van der Waals surface area (Å²) in [5.74, 6) is 4.53. The van der Waals surface area contributed by atoms with Crippen molar-refractivity contribution in [1.29, 1.82) is 0 Å². The lowest BCUT2D eigenvalue weighted by Gasteiger charge is -2.19. The monoisotopic (exact) mass is 987 g/mol. The molecule has 0 aromatic heterocycles. The second kappa shape index (κ2) is 39.7. The van der Waals surface area contributed by atoms with E-state index >= 15 is 0 Å². The van der Waals surface area contributed by atoms with Crippen LogP contribution in [0, 0.1) is 73.1 Å². The van der Waals surface area contributed by atoms with E-state index in [0.29, 0.717) is 17.8 Å². The molecule has 4 atom stereocenters. The third-order valence-corrected chi connectivity index (χ3v) is 13.9. The van der Waals surface area contributed by atoms with E-state index in [4.69, 9.17) is 0 Å². The highest BCUT2D eigenvalue weighted by Crippen LogP contribution is 2.27. The van der Waals surface area contributed by atoms with Crippen LogP contribution in [0.4, 0.5) is 0 Å². The lowest BCUT2D eigenvalue weighted by atomic mass is 9.87. The maximum absolute atomic E-state index is 2.38. The van der Waals surface area contributed by atoms with E-state index in [1.54, 1.807) is 0 Å². The van der Waals surface area contributed by atoms with Gasteiger partial charge in [0, 0.05) is 0 Å². The third-order valence-electron chi connectivity index (χ3n) is 13.9. The Hall–Kier alpha value is -4.68. The number of hydrogen-bond donors (Lipinski definition) is 0. The minimum atomic E-state index is 0.689. The van der Waals surface area contributed by atoms with E-state index in [2.05, 4.69) is 270 Å². The zero-order valence-corrected chi connectivity index (χ0v) is 50.5. The number of benzene rings is 6. The summed E-state index contributed by atoms with van der Waals surface area (Å²) in [5.41, 5.74) is 16.6. The van der Waals surface area contributed by atoms with Gasteiger partial charge in [0.15, 0.2) is 0 Å². The number of aryl methyl sites for hydroxylation is 9. The van der Waals surface area contributed by atoms with E-state index in [1.165, 1.54) is 150 Å². The van der Waals surface area contributed by atoms with Crippen LogP contribution >= 0.6 is 0 Å². The topological polar surface area (TPSA) is 0 Å². The molecule has 0 fully saturated rings. The minimum Gasteiger partial charge on any atom is -0.0654 e. The summed E-state index contributed by atoms with van der Waals surface area (Å²) >= 11 is 0. The van der Waals surface area contributed by atoms with Crippen LogP contribution in [0.1, 0.15) is 231 Å². The molecule has 0 radical (unpaired) electrons. The molecule has 0 aliphatic carbocycles. The van der Waals surface area contributed by atoms with Crippen molar-refractivity contribution in [1.82, 2.24) is 0 Å². The first-order valence-electron chi connectivity index (χ1n) is 29.0. The van der Waals surface area contributed by atoms with Gasteiger partial charge in [-0.25, -0.2) is 0 Å². The highest BCUT2D eigenvalue weighted by Gasteiger charge is 2.12. The summed E-state index contributed by atoms with van der Waals surface area (Å²) in [6.07, 6.45) is 17.7. The first kappa shape index (κ1) is 66.3. The summed E-state index contributed by atoms with van der Waals surface area (Å²) in [5, 5.41) is 0. The van der Waals surface area contributed by atoms with E-state index in [1.807, 2.05) is 0 Å². The lowest BCUT2D eigenvalue weighted by molar-refractivity contribution is 0.393. The van der Waals surface area contributed by atoms with Gasteiger partial charge >= 0.3 is 0 Å². The zero-order valence-electron chi connectivity index (χ0n) is 50.5. The molecular formula is C73H110. The SMILES string of the molecule is CCC(C)c1ccc(C)cc1.CCCCCCCCCCc1ccc(C)cc1.Cc1ccc(C(C)CC(C)C)cc1.Cc1ccc(C(C)CC(C)CC(C)C)cc1.Cc1ccc(C)cc1.Cc1ccc(C)cc1. The smallest absolute Gasteiger partial charge is 0.0188 e. The Morgan fingerprint density at radius 3 is 0.836 bits per heavy atom. The molecule has 0 N–H and O–H groups in total. The lowest BCUT2D eigenvalue weighted by Crippen LogP contribution is -2.05. The van der Waals surface area contributed by atoms with E-state index in [9.17, 15) is 0 Å². The first-order chi connectivity index (χ1) is 34.7. The van der Waals surface area contributed by atoms with Crippen LogP contribution in [0.3, 0.4) is 0 Å². The summed E-state index contributed by atoms with van der Waals surface area (Å²) in [4.78, 5) is 0. The van der Waals surface area contributed by atoms with Crippen molar-refractivity contribution >= 4 is 0 Å². The Bertz CT molecular complexity index is 2080. The third kappa shape index (κ3) is 34.4. The molecule has 6 aromatic rings. The van der Waals surface area contributed by atoms with Gasteiger partial charge in [0.2, 0.25) is 0 Å². The molecule has 73 heavy (non-hydrogen) atoms. The quantitative estimate of drug-likeness (QED) is 0.0710. The Kier molecular flexibility index (Phi) is 36.1. The summed E-state index contributed by atoms with van der Waals surface area (Å²) in [6, 6.07) is 52.7. The van der Waals surface area contributed by atoms with Crippen LogP contribution in [-0.2, 0) is 6.42 Å². The van der Waals surface area contributed by atoms with Gasteiger partial charge in [-0.2, -0.15) is 0 Å². The maximum Gasteiger partial charge on any atom is -0.0188 e. The van der Waals surface area contributed by atoms with E-state index in [0.717, 1.165) is 17.8 Å². The highest BCUT2D eigenvalue weighted by molar-refractivity contribution is 5.26. The molecule has 0 heteroatoms. The van der Waals surface area contributed by atoms with Crippen molar-refractivity contribution in [2.75, 3.05) is 0 Å². The molecule has 0 nitrogen and oxygen atoms in total. The molecule has 0 heterocycles. The molecule has 6 rings (SSSR count). The average Bonchev–Trinajstić information content (AvgIpc) is 3.35. The fraction of sp³-hybridized carbons (Fsp3) is 0.507. The van der Waals surface area contributed by atoms with Crippen molar-refractivity contribution in [3.63, 3.8) is 0 Å². The first-order valence-corrected chi connectivity index (χ1v) is 29.0. The molecule has 0 amide bonds. The second-order valence-electron chi connectivity index (χ2n) is 23.0. The standard InChI is InChI=1S/C17H28.C16H26.C13H20.C11H16.2C8H10/c1-3-4-5-6-7-8-9-10-11-17-14-12-16(2)13-15-17;1-12(2)10-14(4)11-15(5)16-8-6-13(3)7-9-16;1-10(2)9-12(4)13-7-5-11(3)6-8-13;1-4-10(3)11-7-5-9(2)6-8-11;2*1-7-3-5-8(2)6-4-7/h12-15H,3-11H2,1-2H3;6-9,12,14-15H,10-11H2,1-5H3;5-8,10,12H,9H2,1-4H3;5-8,10H,4H2,1-3H3;2*3-6H,1-2H3. The second-order valence-corrected chi connectivity index (χ2v) is 23.0. The highest BCUT2D eigenvalue weighted by atomic mass is 14.2. The molecule has 0 aliphatic heterocycles. The van der Waals surface area contributed by atoms with Crippen molar-refractivity contribution < 1.29 is 0 Å². The molecule has 0 spiro atoms. The normalized spacial score (nSPS) is 12.2. The van der Waals surface area contributed by atoms with E-state index in [-0.39, 0.29) is 0 Å². The van der Waals surface area contributed by atoms with E-state index < -0.39 is 0 Å². The number of rotatable bonds is 19. The van der Waals surface area contributed by atoms with Gasteiger partial charge in [-0.15, -0.1) is 0 Å². The van der Waals surface area contributed by atoms with Crippen LogP contribution in [0.2, 0.25) is 0 Å². The summed E-state index contributed by atoms with van der Waals surface area (Å²) < 4.78 is 0. The molecule has 0 saturated carbocycles. The van der Waals surface area contributed by atoms with Gasteiger partial charge in [-0.3, -0.25) is 0 Å². The van der Waals surface area contributed by atoms with Crippen LogP contribution in [0.5, 0.6) is 0 Å². The maximum atomic E-state index is 2.38. The molecule has 402 valence electrons. The minimum absolute atomic E-state index is 0.689. The number of hydrogen-bond acceptors (Lipinski definition) is 0. The van der Waals surface area contributed by atoms with Crippen molar-refractivity contribution in [2.45, 2.75) is 226 Å². The van der Waals surface area contributed by atoms with Gasteiger partial charge in [0.25, 0.3) is 0 Å². The zero-order chi connectivity index (χ0) is 54.6. The Morgan fingerprint density at radius 2 is 0.534 bits per heavy atom. The van der Waals surface area contributed by atoms with Gasteiger partial charge in [0.05, 0.1) is 0 Å². The van der Waals surface area contributed by atoms with Gasteiger partial charge in [-0.1, -0.05) is 304 Å². The van der Waals surface area contributed by atoms with Gasteiger partial charge in [0.1, 0.15) is 0 Å². The van der Waals surface area contributed by atoms with Crippen LogP contribution < -0.4 is 0 Å². The predicted octanol–water partition coefficient (Wildman–Crippen LogP) is 23.1. The molecule has 6 aromatic carbocycles. The fourth-order valence-electron chi connectivity index (χ4n) is 8.90. The van der Waals surface area contributed by atoms with Crippen LogP contribution in [-0.4, -0.2) is 0 Å². The van der Waals surface area contributed by atoms with Gasteiger partial charge < -0.3 is 0 Å². The fourth-order valence-corrected chi connectivity index (χ4v) is 8.90. The number of unbranched alkanes of at least 4 members (excludes halogenated alkanes) is 7. The van der Waals surface area contributed by atoms with Crippen molar-refractivity contribution in [3.05, 3.63) is 212 Å². The Labute approximate surface area is 453 Å². The predicted molar refractivity (Wildman–Crippen MR) is 331 cm³/mol. The van der Waals surface area contributed by atoms with Crippen LogP contribution in [0.15, 0.2) is 146 Å². The average molecular weight is 988 g/mol.